The maximum Gasteiger partial charge on any atom is 0.269 e. The van der Waals surface area contributed by atoms with Crippen molar-refractivity contribution in [1.82, 2.24) is 0 Å². The van der Waals surface area contributed by atoms with Gasteiger partial charge < -0.3 is 19.7 Å². The van der Waals surface area contributed by atoms with Crippen LogP contribution < -0.4 is 9.47 Å². The Bertz CT molecular complexity index is 870. The van der Waals surface area contributed by atoms with Crippen molar-refractivity contribution >= 4 is 11.4 Å². The third-order valence-electron chi connectivity index (χ3n) is 4.48. The molecule has 0 saturated carbocycles. The van der Waals surface area contributed by atoms with Crippen LogP contribution in [0.15, 0.2) is 61.2 Å². The summed E-state index contributed by atoms with van der Waals surface area (Å²) in [4.78, 5) is 20.6. The molecular weight excluding hydrogens is 408 g/mol. The number of aliphatic hydroxyl groups is 2. The topological polar surface area (TPSA) is 145 Å². The summed E-state index contributed by atoms with van der Waals surface area (Å²) in [5, 5.41) is 41.6. The van der Waals surface area contributed by atoms with E-state index in [1.165, 1.54) is 48.5 Å². The normalized spacial score (nSPS) is 13.6. The second-order valence-electron chi connectivity index (χ2n) is 6.71. The van der Waals surface area contributed by atoms with Gasteiger partial charge in [0.1, 0.15) is 23.7 Å². The van der Waals surface area contributed by atoms with Gasteiger partial charge in [-0.1, -0.05) is 6.08 Å². The second-order valence-corrected chi connectivity index (χ2v) is 6.71. The molecule has 0 aliphatic rings. The van der Waals surface area contributed by atoms with Crippen molar-refractivity contribution < 1.29 is 29.5 Å². The molecule has 0 radical (unpaired) electrons. The Morgan fingerprint density at radius 3 is 1.84 bits per heavy atom. The maximum absolute atomic E-state index is 10.8. The van der Waals surface area contributed by atoms with Gasteiger partial charge in [-0.2, -0.15) is 0 Å². The average Bonchev–Trinajstić information content (AvgIpc) is 2.77. The summed E-state index contributed by atoms with van der Waals surface area (Å²) in [7, 11) is 0. The standard InChI is InChI=1S/C21H24N2O8/c1-2-3-4-5-20(30-17-10-6-15(7-11-17)22(26)27)21(19(25)14-24)31-18-12-8-16(9-13-18)23(28)29/h2,6-13,19-21,24-25H,1,3-5,14H2. The molecule has 0 saturated heterocycles. The van der Waals surface area contributed by atoms with Crippen LogP contribution in [-0.4, -0.2) is 45.0 Å². The molecule has 0 spiro atoms. The number of nitro benzene ring substituents is 2. The van der Waals surface area contributed by atoms with Crippen LogP contribution in [0, 0.1) is 20.2 Å². The first-order chi connectivity index (χ1) is 14.8. The van der Waals surface area contributed by atoms with Crippen molar-refractivity contribution in [1.29, 1.82) is 0 Å². The van der Waals surface area contributed by atoms with E-state index in [9.17, 15) is 30.4 Å². The van der Waals surface area contributed by atoms with E-state index in [2.05, 4.69) is 6.58 Å². The molecule has 166 valence electrons. The van der Waals surface area contributed by atoms with Crippen LogP contribution in [0.25, 0.3) is 0 Å². The third kappa shape index (κ3) is 7.05. The lowest BCUT2D eigenvalue weighted by atomic mass is 10.0. The summed E-state index contributed by atoms with van der Waals surface area (Å²) in [5.41, 5.74) is -0.208. The molecule has 10 heteroatoms. The molecule has 31 heavy (non-hydrogen) atoms. The Morgan fingerprint density at radius 2 is 1.42 bits per heavy atom. The van der Waals surface area contributed by atoms with E-state index in [0.29, 0.717) is 25.0 Å². The summed E-state index contributed by atoms with van der Waals surface area (Å²) in [6.07, 6.45) is 0.459. The molecule has 0 aliphatic heterocycles. The van der Waals surface area contributed by atoms with Gasteiger partial charge in [0.2, 0.25) is 0 Å². The van der Waals surface area contributed by atoms with Gasteiger partial charge >= 0.3 is 0 Å². The van der Waals surface area contributed by atoms with Gasteiger partial charge in [0.15, 0.2) is 6.10 Å². The molecule has 0 bridgehead atoms. The zero-order valence-corrected chi connectivity index (χ0v) is 16.7. The Labute approximate surface area is 178 Å². The van der Waals surface area contributed by atoms with Crippen molar-refractivity contribution in [2.75, 3.05) is 6.61 Å². The summed E-state index contributed by atoms with van der Waals surface area (Å²) in [5.74, 6) is 0.584. The van der Waals surface area contributed by atoms with Crippen molar-refractivity contribution in [2.45, 2.75) is 37.6 Å². The van der Waals surface area contributed by atoms with Crippen LogP contribution in [-0.2, 0) is 0 Å². The fraction of sp³-hybridized carbons (Fsp3) is 0.333. The van der Waals surface area contributed by atoms with Gasteiger partial charge in [-0.25, -0.2) is 0 Å². The van der Waals surface area contributed by atoms with Crippen LogP contribution in [0.3, 0.4) is 0 Å². The van der Waals surface area contributed by atoms with Crippen LogP contribution in [0.2, 0.25) is 0 Å². The number of allylic oxidation sites excluding steroid dienone is 1. The number of aliphatic hydroxyl groups excluding tert-OH is 2. The van der Waals surface area contributed by atoms with Crippen molar-refractivity contribution in [2.24, 2.45) is 0 Å². The number of hydrogen-bond donors (Lipinski definition) is 2. The molecule has 2 N–H and O–H groups in total. The first kappa shape index (κ1) is 23.8. The molecule has 0 aliphatic carbocycles. The summed E-state index contributed by atoms with van der Waals surface area (Å²) >= 11 is 0. The van der Waals surface area contributed by atoms with Crippen LogP contribution in [0.1, 0.15) is 19.3 Å². The van der Waals surface area contributed by atoms with E-state index in [1.54, 1.807) is 6.08 Å². The molecule has 0 heterocycles. The first-order valence-electron chi connectivity index (χ1n) is 9.57. The minimum Gasteiger partial charge on any atom is -0.486 e. The highest BCUT2D eigenvalue weighted by atomic mass is 16.6. The van der Waals surface area contributed by atoms with E-state index < -0.39 is 34.8 Å². The molecular formula is C21H24N2O8. The van der Waals surface area contributed by atoms with Crippen LogP contribution in [0.4, 0.5) is 11.4 Å². The number of nitro groups is 2. The molecule has 3 unspecified atom stereocenters. The number of unbranched alkanes of at least 4 members (excludes halogenated alkanes) is 1. The monoisotopic (exact) mass is 432 g/mol. The number of benzene rings is 2. The molecule has 0 amide bonds. The predicted octanol–water partition coefficient (Wildman–Crippen LogP) is 3.41. The van der Waals surface area contributed by atoms with Crippen molar-refractivity contribution in [3.05, 3.63) is 81.4 Å². The number of nitrogens with zero attached hydrogens (tertiary/aromatic N) is 2. The molecule has 0 aromatic heterocycles. The lowest BCUT2D eigenvalue weighted by molar-refractivity contribution is -0.385. The SMILES string of the molecule is C=CCCCC(Oc1ccc([N+](=O)[O-])cc1)C(Oc1ccc([N+](=O)[O-])cc1)C(O)CO. The highest BCUT2D eigenvalue weighted by Gasteiger charge is 2.32. The number of hydrogen-bond acceptors (Lipinski definition) is 8. The molecule has 2 aromatic rings. The van der Waals surface area contributed by atoms with Crippen molar-refractivity contribution in [3.8, 4) is 11.5 Å². The average molecular weight is 432 g/mol. The third-order valence-corrected chi connectivity index (χ3v) is 4.48. The molecule has 2 aromatic carbocycles. The first-order valence-corrected chi connectivity index (χ1v) is 9.57. The zero-order valence-electron chi connectivity index (χ0n) is 16.7. The summed E-state index contributed by atoms with van der Waals surface area (Å²) in [6, 6.07) is 10.8. The fourth-order valence-electron chi connectivity index (χ4n) is 2.88. The van der Waals surface area contributed by atoms with E-state index in [1.807, 2.05) is 0 Å². The number of rotatable bonds is 13. The maximum atomic E-state index is 10.8. The van der Waals surface area contributed by atoms with E-state index in [4.69, 9.17) is 9.47 Å². The molecule has 0 fully saturated rings. The second kappa shape index (κ2) is 11.6. The molecule has 3 atom stereocenters. The molecule has 10 nitrogen and oxygen atoms in total. The smallest absolute Gasteiger partial charge is 0.269 e. The lowest BCUT2D eigenvalue weighted by Crippen LogP contribution is -2.46. The number of non-ortho nitro benzene ring substituents is 2. The highest BCUT2D eigenvalue weighted by Crippen LogP contribution is 2.25. The van der Waals surface area contributed by atoms with E-state index >= 15 is 0 Å². The van der Waals surface area contributed by atoms with Gasteiger partial charge in [-0.05, 0) is 43.5 Å². The van der Waals surface area contributed by atoms with Crippen LogP contribution >= 0.6 is 0 Å². The quantitative estimate of drug-likeness (QED) is 0.212. The Balaban J connectivity index is 2.26. The Morgan fingerprint density at radius 1 is 0.935 bits per heavy atom. The van der Waals surface area contributed by atoms with Crippen molar-refractivity contribution in [3.63, 3.8) is 0 Å². The minimum atomic E-state index is -1.30. The van der Waals surface area contributed by atoms with Gasteiger partial charge in [-0.3, -0.25) is 20.2 Å². The Hall–Kier alpha value is -3.50. The predicted molar refractivity (Wildman–Crippen MR) is 112 cm³/mol. The number of ether oxygens (including phenoxy) is 2. The van der Waals surface area contributed by atoms with Gasteiger partial charge in [-0.15, -0.1) is 6.58 Å². The van der Waals surface area contributed by atoms with Gasteiger partial charge in [0.05, 0.1) is 16.5 Å². The zero-order chi connectivity index (χ0) is 22.8. The minimum absolute atomic E-state index is 0.0929. The molecule has 2 rings (SSSR count). The van der Waals surface area contributed by atoms with Gasteiger partial charge in [0.25, 0.3) is 11.4 Å². The van der Waals surface area contributed by atoms with Crippen LogP contribution in [0.5, 0.6) is 11.5 Å². The van der Waals surface area contributed by atoms with E-state index in [-0.39, 0.29) is 17.1 Å². The largest absolute Gasteiger partial charge is 0.486 e. The van der Waals surface area contributed by atoms with Gasteiger partial charge in [0, 0.05) is 24.3 Å². The highest BCUT2D eigenvalue weighted by molar-refractivity contribution is 5.37. The van der Waals surface area contributed by atoms with E-state index in [0.717, 1.165) is 0 Å². The summed E-state index contributed by atoms with van der Waals surface area (Å²) < 4.78 is 11.8. The lowest BCUT2D eigenvalue weighted by Gasteiger charge is -2.31. The summed E-state index contributed by atoms with van der Waals surface area (Å²) in [6.45, 7) is 3.08. The fourth-order valence-corrected chi connectivity index (χ4v) is 2.88. The Kier molecular flexibility index (Phi) is 8.92.